The van der Waals surface area contributed by atoms with Gasteiger partial charge in [0.15, 0.2) is 0 Å². The molecule has 0 aliphatic heterocycles. The van der Waals surface area contributed by atoms with Crippen molar-refractivity contribution in [3.05, 3.63) is 30.0 Å². The molecule has 3 heteroatoms. The fourth-order valence-corrected chi connectivity index (χ4v) is 2.70. The monoisotopic (exact) mass is 229 g/mol. The molecule has 1 fully saturated rings. The van der Waals surface area contributed by atoms with E-state index in [1.54, 1.807) is 0 Å². The molecule has 90 valence electrons. The van der Waals surface area contributed by atoms with Crippen LogP contribution in [-0.4, -0.2) is 16.2 Å². The first-order chi connectivity index (χ1) is 8.43. The van der Waals surface area contributed by atoms with Crippen LogP contribution in [0.1, 0.15) is 37.8 Å². The summed E-state index contributed by atoms with van der Waals surface area (Å²) < 4.78 is 0. The van der Waals surface area contributed by atoms with Crippen molar-refractivity contribution in [3.8, 4) is 0 Å². The lowest BCUT2D eigenvalue weighted by atomic mass is 9.95. The fourth-order valence-electron chi connectivity index (χ4n) is 2.70. The molecule has 0 bridgehead atoms. The van der Waals surface area contributed by atoms with Gasteiger partial charge in [-0.2, -0.15) is 5.10 Å². The molecular weight excluding hydrogens is 210 g/mol. The molecule has 0 saturated heterocycles. The van der Waals surface area contributed by atoms with Crippen LogP contribution in [0, 0.1) is 0 Å². The number of nitrogens with one attached hydrogen (secondary N) is 2. The maximum absolute atomic E-state index is 4.32. The second kappa shape index (κ2) is 4.88. The van der Waals surface area contributed by atoms with Crippen LogP contribution in [0.4, 0.5) is 0 Å². The Bertz CT molecular complexity index is 483. The minimum atomic E-state index is 0.700. The predicted octanol–water partition coefficient (Wildman–Crippen LogP) is 2.99. The van der Waals surface area contributed by atoms with E-state index in [4.69, 9.17) is 0 Å². The van der Waals surface area contributed by atoms with Gasteiger partial charge in [0.2, 0.25) is 0 Å². The molecule has 0 amide bonds. The quantitative estimate of drug-likeness (QED) is 0.849. The highest BCUT2D eigenvalue weighted by molar-refractivity contribution is 5.81. The number of rotatable bonds is 3. The summed E-state index contributed by atoms with van der Waals surface area (Å²) in [4.78, 5) is 0. The van der Waals surface area contributed by atoms with Crippen LogP contribution in [0.3, 0.4) is 0 Å². The smallest absolute Gasteiger partial charge is 0.0924 e. The minimum Gasteiger partial charge on any atom is -0.308 e. The summed E-state index contributed by atoms with van der Waals surface area (Å²) in [5, 5.41) is 12.3. The molecule has 17 heavy (non-hydrogen) atoms. The molecule has 0 unspecified atom stereocenters. The predicted molar refractivity (Wildman–Crippen MR) is 69.8 cm³/mol. The Balaban J connectivity index is 1.68. The highest BCUT2D eigenvalue weighted by atomic mass is 15.1. The van der Waals surface area contributed by atoms with Crippen LogP contribution in [0.15, 0.2) is 24.3 Å². The molecule has 1 aliphatic rings. The maximum Gasteiger partial charge on any atom is 0.0924 e. The molecule has 3 rings (SSSR count). The Hall–Kier alpha value is -1.35. The van der Waals surface area contributed by atoms with E-state index in [2.05, 4.69) is 33.7 Å². The summed E-state index contributed by atoms with van der Waals surface area (Å²) in [5.41, 5.74) is 2.28. The molecule has 0 radical (unpaired) electrons. The summed E-state index contributed by atoms with van der Waals surface area (Å²) in [5.74, 6) is 0. The molecule has 1 aromatic carbocycles. The van der Waals surface area contributed by atoms with Crippen molar-refractivity contribution in [2.24, 2.45) is 0 Å². The largest absolute Gasteiger partial charge is 0.308 e. The van der Waals surface area contributed by atoms with Gasteiger partial charge < -0.3 is 5.32 Å². The van der Waals surface area contributed by atoms with Gasteiger partial charge in [-0.05, 0) is 18.9 Å². The van der Waals surface area contributed by atoms with Crippen molar-refractivity contribution >= 4 is 10.9 Å². The highest BCUT2D eigenvalue weighted by Crippen LogP contribution is 2.19. The minimum absolute atomic E-state index is 0.700. The number of para-hydroxylation sites is 1. The third-order valence-electron chi connectivity index (χ3n) is 3.71. The zero-order valence-electron chi connectivity index (χ0n) is 10.1. The Kier molecular flexibility index (Phi) is 3.10. The van der Waals surface area contributed by atoms with Crippen molar-refractivity contribution < 1.29 is 0 Å². The number of fused-ring (bicyclic) bond motifs is 1. The number of hydrogen-bond donors (Lipinski definition) is 2. The van der Waals surface area contributed by atoms with Gasteiger partial charge in [-0.1, -0.05) is 37.5 Å². The van der Waals surface area contributed by atoms with Gasteiger partial charge in [0.25, 0.3) is 0 Å². The molecular formula is C14H19N3. The summed E-state index contributed by atoms with van der Waals surface area (Å²) in [6, 6.07) is 8.99. The zero-order valence-corrected chi connectivity index (χ0v) is 10.1. The molecule has 1 aliphatic carbocycles. The van der Waals surface area contributed by atoms with Crippen LogP contribution in [0.5, 0.6) is 0 Å². The van der Waals surface area contributed by atoms with E-state index in [1.165, 1.54) is 43.2 Å². The average molecular weight is 229 g/mol. The molecule has 2 N–H and O–H groups in total. The fraction of sp³-hybridized carbons (Fsp3) is 0.500. The van der Waals surface area contributed by atoms with E-state index in [-0.39, 0.29) is 0 Å². The Labute approximate surface area is 102 Å². The standard InChI is InChI=1S/C14H19N3/c1-2-6-11(7-3-1)15-10-14-12-8-4-5-9-13(12)16-17-14/h4-5,8-9,11,15H,1-3,6-7,10H2,(H,16,17). The second-order valence-corrected chi connectivity index (χ2v) is 4.94. The van der Waals surface area contributed by atoms with E-state index >= 15 is 0 Å². The van der Waals surface area contributed by atoms with Crippen molar-refractivity contribution in [1.29, 1.82) is 0 Å². The highest BCUT2D eigenvalue weighted by Gasteiger charge is 2.13. The Morgan fingerprint density at radius 1 is 1.18 bits per heavy atom. The molecule has 2 aromatic rings. The number of nitrogens with zero attached hydrogens (tertiary/aromatic N) is 1. The average Bonchev–Trinajstić information content (AvgIpc) is 2.81. The molecule has 1 saturated carbocycles. The van der Waals surface area contributed by atoms with E-state index in [9.17, 15) is 0 Å². The van der Waals surface area contributed by atoms with Gasteiger partial charge in [-0.25, -0.2) is 0 Å². The lowest BCUT2D eigenvalue weighted by molar-refractivity contribution is 0.371. The number of benzene rings is 1. The molecule has 1 heterocycles. The lowest BCUT2D eigenvalue weighted by Crippen LogP contribution is -2.30. The maximum atomic E-state index is 4.32. The summed E-state index contributed by atoms with van der Waals surface area (Å²) in [7, 11) is 0. The van der Waals surface area contributed by atoms with Crippen LogP contribution in [-0.2, 0) is 6.54 Å². The SMILES string of the molecule is c1ccc2c(CNC3CCCCC3)[nH]nc2c1. The van der Waals surface area contributed by atoms with Gasteiger partial charge in [-0.15, -0.1) is 0 Å². The van der Waals surface area contributed by atoms with Gasteiger partial charge in [0.05, 0.1) is 11.2 Å². The third-order valence-corrected chi connectivity index (χ3v) is 3.71. The van der Waals surface area contributed by atoms with Gasteiger partial charge in [0.1, 0.15) is 0 Å². The van der Waals surface area contributed by atoms with Crippen LogP contribution >= 0.6 is 0 Å². The van der Waals surface area contributed by atoms with E-state index in [0.717, 1.165) is 12.1 Å². The van der Waals surface area contributed by atoms with Crippen LogP contribution in [0.25, 0.3) is 10.9 Å². The zero-order chi connectivity index (χ0) is 11.5. The first-order valence-electron chi connectivity index (χ1n) is 6.59. The second-order valence-electron chi connectivity index (χ2n) is 4.94. The Morgan fingerprint density at radius 3 is 2.88 bits per heavy atom. The molecule has 0 spiro atoms. The van der Waals surface area contributed by atoms with Crippen molar-refractivity contribution in [2.75, 3.05) is 0 Å². The molecule has 3 nitrogen and oxygen atoms in total. The van der Waals surface area contributed by atoms with E-state index in [1.807, 2.05) is 6.07 Å². The van der Waals surface area contributed by atoms with Crippen LogP contribution in [0.2, 0.25) is 0 Å². The van der Waals surface area contributed by atoms with Gasteiger partial charge in [-0.3, -0.25) is 5.10 Å². The first kappa shape index (κ1) is 10.8. The molecule has 1 aromatic heterocycles. The normalized spacial score (nSPS) is 17.6. The Morgan fingerprint density at radius 2 is 2.00 bits per heavy atom. The summed E-state index contributed by atoms with van der Waals surface area (Å²) >= 11 is 0. The van der Waals surface area contributed by atoms with Crippen molar-refractivity contribution in [2.45, 2.75) is 44.7 Å². The summed E-state index contributed by atoms with van der Waals surface area (Å²) in [6.45, 7) is 0.908. The molecule has 0 atom stereocenters. The topological polar surface area (TPSA) is 40.7 Å². The first-order valence-corrected chi connectivity index (χ1v) is 6.59. The van der Waals surface area contributed by atoms with Gasteiger partial charge >= 0.3 is 0 Å². The van der Waals surface area contributed by atoms with E-state index < -0.39 is 0 Å². The summed E-state index contributed by atoms with van der Waals surface area (Å²) in [6.07, 6.45) is 6.81. The third kappa shape index (κ3) is 2.34. The van der Waals surface area contributed by atoms with Crippen LogP contribution < -0.4 is 5.32 Å². The van der Waals surface area contributed by atoms with E-state index in [0.29, 0.717) is 6.04 Å². The lowest BCUT2D eigenvalue weighted by Gasteiger charge is -2.22. The number of H-pyrrole nitrogens is 1. The number of hydrogen-bond acceptors (Lipinski definition) is 2. The number of aromatic amines is 1. The van der Waals surface area contributed by atoms with Gasteiger partial charge in [0, 0.05) is 18.0 Å². The van der Waals surface area contributed by atoms with Crippen molar-refractivity contribution in [3.63, 3.8) is 0 Å². The number of aromatic nitrogens is 2. The van der Waals surface area contributed by atoms with Crippen molar-refractivity contribution in [1.82, 2.24) is 15.5 Å².